The molecule has 0 spiro atoms. The molecule has 1 saturated carbocycles. The summed E-state index contributed by atoms with van der Waals surface area (Å²) in [7, 11) is 1.95. The zero-order valence-electron chi connectivity index (χ0n) is 13.3. The molecule has 5 heteroatoms. The number of hydrogen-bond acceptors (Lipinski definition) is 4. The van der Waals surface area contributed by atoms with Crippen LogP contribution in [0.15, 0.2) is 36.2 Å². The molecule has 0 aliphatic heterocycles. The molecule has 0 unspecified atom stereocenters. The molecule has 0 atom stereocenters. The maximum absolute atomic E-state index is 12.2. The van der Waals surface area contributed by atoms with Crippen LogP contribution in [0, 0.1) is 6.92 Å². The summed E-state index contributed by atoms with van der Waals surface area (Å²) in [5, 5.41) is 12.0. The second-order valence-corrected chi connectivity index (χ2v) is 5.93. The normalized spacial score (nSPS) is 16.2. The minimum absolute atomic E-state index is 0.147. The Labute approximate surface area is 132 Å². The Morgan fingerprint density at radius 1 is 1.23 bits per heavy atom. The lowest BCUT2D eigenvalue weighted by Crippen LogP contribution is -2.32. The second kappa shape index (κ2) is 7.84. The Morgan fingerprint density at radius 2 is 1.86 bits per heavy atom. The largest absolute Gasteiger partial charge is 0.376 e. The van der Waals surface area contributed by atoms with Crippen molar-refractivity contribution in [2.24, 2.45) is 0 Å². The zero-order valence-corrected chi connectivity index (χ0v) is 13.3. The third-order valence-corrected chi connectivity index (χ3v) is 4.16. The zero-order chi connectivity index (χ0) is 15.9. The van der Waals surface area contributed by atoms with Crippen LogP contribution in [0.3, 0.4) is 0 Å². The van der Waals surface area contributed by atoms with Gasteiger partial charge in [-0.3, -0.25) is 15.5 Å². The smallest absolute Gasteiger partial charge is 0.275 e. The molecule has 0 radical (unpaired) electrons. The van der Waals surface area contributed by atoms with E-state index < -0.39 is 0 Å². The first kappa shape index (κ1) is 16.4. The first-order chi connectivity index (χ1) is 10.6. The Hall–Kier alpha value is -2.01. The molecule has 0 saturated heterocycles. The van der Waals surface area contributed by atoms with Gasteiger partial charge in [0.2, 0.25) is 0 Å². The van der Waals surface area contributed by atoms with Gasteiger partial charge in [0.05, 0.1) is 0 Å². The van der Waals surface area contributed by atoms with Crippen LogP contribution < -0.4 is 10.8 Å². The van der Waals surface area contributed by atoms with Gasteiger partial charge in [0.15, 0.2) is 0 Å². The minimum Gasteiger partial charge on any atom is -0.376 e. The summed E-state index contributed by atoms with van der Waals surface area (Å²) in [6.07, 6.45) is 7.67. The number of hydrogen-bond donors (Lipinski definition) is 3. The Bertz CT molecular complexity index is 519. The second-order valence-electron chi connectivity index (χ2n) is 5.93. The predicted octanol–water partition coefficient (Wildman–Crippen LogP) is 3.02. The molecule has 120 valence electrons. The summed E-state index contributed by atoms with van der Waals surface area (Å²) >= 11 is 0. The van der Waals surface area contributed by atoms with E-state index in [0.717, 1.165) is 18.4 Å². The van der Waals surface area contributed by atoms with E-state index in [9.17, 15) is 10.0 Å². The fourth-order valence-corrected chi connectivity index (χ4v) is 2.77. The lowest BCUT2D eigenvalue weighted by atomic mass is 9.95. The maximum Gasteiger partial charge on any atom is 0.275 e. The molecule has 0 heterocycles. The Balaban J connectivity index is 2.00. The van der Waals surface area contributed by atoms with E-state index in [1.165, 1.54) is 19.3 Å². The molecular formula is C17H25N3O2. The number of benzene rings is 1. The van der Waals surface area contributed by atoms with Crippen LogP contribution >= 0.6 is 0 Å². The van der Waals surface area contributed by atoms with E-state index in [-0.39, 0.29) is 11.6 Å². The summed E-state index contributed by atoms with van der Waals surface area (Å²) in [5.74, 6) is -0.353. The minimum atomic E-state index is -0.353. The van der Waals surface area contributed by atoms with Crippen molar-refractivity contribution < 1.29 is 10.0 Å². The molecule has 1 aliphatic carbocycles. The quantitative estimate of drug-likeness (QED) is 0.578. The number of rotatable bonds is 5. The first-order valence-electron chi connectivity index (χ1n) is 7.82. The summed E-state index contributed by atoms with van der Waals surface area (Å²) in [4.78, 5) is 14.2. The summed E-state index contributed by atoms with van der Waals surface area (Å²) in [5.41, 5.74) is 3.99. The van der Waals surface area contributed by atoms with Crippen molar-refractivity contribution >= 4 is 11.6 Å². The van der Waals surface area contributed by atoms with Gasteiger partial charge in [-0.15, -0.1) is 0 Å². The van der Waals surface area contributed by atoms with Gasteiger partial charge in [0.25, 0.3) is 5.91 Å². The molecule has 1 aromatic rings. The number of nitrogens with one attached hydrogen (secondary N) is 2. The predicted molar refractivity (Wildman–Crippen MR) is 87.4 cm³/mol. The van der Waals surface area contributed by atoms with Gasteiger partial charge >= 0.3 is 0 Å². The average Bonchev–Trinajstić information content (AvgIpc) is 2.55. The Morgan fingerprint density at radius 3 is 2.45 bits per heavy atom. The van der Waals surface area contributed by atoms with E-state index in [0.29, 0.717) is 11.7 Å². The Kier molecular flexibility index (Phi) is 5.83. The fraction of sp³-hybridized carbons (Fsp3) is 0.471. The van der Waals surface area contributed by atoms with Gasteiger partial charge in [-0.2, -0.15) is 0 Å². The third-order valence-electron chi connectivity index (χ3n) is 4.16. The van der Waals surface area contributed by atoms with Crippen molar-refractivity contribution in [3.63, 3.8) is 0 Å². The third kappa shape index (κ3) is 4.49. The van der Waals surface area contributed by atoms with Gasteiger partial charge in [-0.25, -0.2) is 0 Å². The molecule has 0 bridgehead atoms. The highest BCUT2D eigenvalue weighted by Crippen LogP contribution is 2.22. The number of nitrogens with zero attached hydrogens (tertiary/aromatic N) is 1. The van der Waals surface area contributed by atoms with Crippen LogP contribution in [0.4, 0.5) is 5.69 Å². The van der Waals surface area contributed by atoms with Crippen LogP contribution in [0.5, 0.6) is 0 Å². The molecule has 1 aliphatic rings. The van der Waals surface area contributed by atoms with Crippen LogP contribution in [0.25, 0.3) is 0 Å². The fourth-order valence-electron chi connectivity index (χ4n) is 2.77. The lowest BCUT2D eigenvalue weighted by molar-refractivity contribution is -0.114. The van der Waals surface area contributed by atoms with Gasteiger partial charge in [-0.1, -0.05) is 37.0 Å². The van der Waals surface area contributed by atoms with Gasteiger partial charge in [-0.05, 0) is 31.9 Å². The standard InChI is InChI=1S/C17H25N3O2/c1-13-8-10-14(11-9-13)18-17(21)16(19-22)12-20(2)15-6-4-3-5-7-15/h8-12,15,19,22H,3-7H2,1-2H3,(H,18,21). The highest BCUT2D eigenvalue weighted by atomic mass is 16.5. The first-order valence-corrected chi connectivity index (χ1v) is 7.82. The van der Waals surface area contributed by atoms with Crippen LogP contribution in [0.2, 0.25) is 0 Å². The van der Waals surface area contributed by atoms with Crippen molar-refractivity contribution in [3.05, 3.63) is 41.7 Å². The number of carbonyl (C=O) groups excluding carboxylic acids is 1. The van der Waals surface area contributed by atoms with Gasteiger partial charge in [0.1, 0.15) is 5.70 Å². The molecule has 1 fully saturated rings. The number of carbonyl (C=O) groups is 1. The highest BCUT2D eigenvalue weighted by Gasteiger charge is 2.18. The van der Waals surface area contributed by atoms with E-state index in [1.54, 1.807) is 6.20 Å². The van der Waals surface area contributed by atoms with E-state index in [1.807, 2.05) is 48.6 Å². The molecule has 2 rings (SSSR count). The lowest BCUT2D eigenvalue weighted by Gasteiger charge is -2.30. The van der Waals surface area contributed by atoms with Crippen LogP contribution in [0.1, 0.15) is 37.7 Å². The van der Waals surface area contributed by atoms with Gasteiger partial charge < -0.3 is 10.2 Å². The maximum atomic E-state index is 12.2. The van der Waals surface area contributed by atoms with Crippen molar-refractivity contribution in [3.8, 4) is 0 Å². The van der Waals surface area contributed by atoms with Crippen molar-refractivity contribution in [2.45, 2.75) is 45.1 Å². The SMILES string of the molecule is Cc1ccc(NC(=O)C(=CN(C)C2CCCCC2)NO)cc1. The molecule has 3 N–H and O–H groups in total. The molecule has 1 aromatic carbocycles. The molecule has 0 aromatic heterocycles. The van der Waals surface area contributed by atoms with Crippen LogP contribution in [-0.4, -0.2) is 29.1 Å². The van der Waals surface area contributed by atoms with Crippen molar-refractivity contribution in [2.75, 3.05) is 12.4 Å². The molecule has 1 amide bonds. The van der Waals surface area contributed by atoms with Gasteiger partial charge in [0, 0.05) is 25.0 Å². The monoisotopic (exact) mass is 303 g/mol. The molecule has 5 nitrogen and oxygen atoms in total. The summed E-state index contributed by atoms with van der Waals surface area (Å²) < 4.78 is 0. The average molecular weight is 303 g/mol. The number of hydroxylamine groups is 1. The topological polar surface area (TPSA) is 64.6 Å². The molecule has 22 heavy (non-hydrogen) atoms. The number of anilines is 1. The summed E-state index contributed by atoms with van der Waals surface area (Å²) in [6, 6.07) is 7.98. The van der Waals surface area contributed by atoms with E-state index >= 15 is 0 Å². The molecular weight excluding hydrogens is 278 g/mol. The number of aryl methyl sites for hydroxylation is 1. The van der Waals surface area contributed by atoms with E-state index in [2.05, 4.69) is 5.32 Å². The highest BCUT2D eigenvalue weighted by molar-refractivity contribution is 6.03. The van der Waals surface area contributed by atoms with Crippen molar-refractivity contribution in [1.29, 1.82) is 0 Å². The van der Waals surface area contributed by atoms with Crippen molar-refractivity contribution in [1.82, 2.24) is 10.4 Å². The van der Waals surface area contributed by atoms with Crippen LogP contribution in [-0.2, 0) is 4.79 Å². The summed E-state index contributed by atoms with van der Waals surface area (Å²) in [6.45, 7) is 1.99. The number of amides is 1. The van der Waals surface area contributed by atoms with E-state index in [4.69, 9.17) is 0 Å².